The Balaban J connectivity index is 1.28. The molecule has 0 radical (unpaired) electrons. The topological polar surface area (TPSA) is 107 Å². The molecule has 2 atom stereocenters. The average molecular weight is 560 g/mol. The number of pyridine rings is 1. The van der Waals surface area contributed by atoms with Crippen molar-refractivity contribution in [2.75, 3.05) is 55.0 Å². The van der Waals surface area contributed by atoms with Crippen LogP contribution in [0.25, 0.3) is 0 Å². The number of rotatable bonds is 7. The van der Waals surface area contributed by atoms with Crippen LogP contribution in [-0.4, -0.2) is 83.0 Å². The van der Waals surface area contributed by atoms with Gasteiger partial charge in [0.25, 0.3) is 5.56 Å². The van der Waals surface area contributed by atoms with Gasteiger partial charge >= 0.3 is 6.18 Å². The molecule has 0 aromatic carbocycles. The van der Waals surface area contributed by atoms with Gasteiger partial charge in [-0.2, -0.15) is 18.3 Å². The maximum absolute atomic E-state index is 13.2. The number of halogens is 4. The predicted octanol–water partition coefficient (Wildman–Crippen LogP) is 2.54. The summed E-state index contributed by atoms with van der Waals surface area (Å²) in [5.74, 6) is 0.658. The van der Waals surface area contributed by atoms with Crippen LogP contribution in [0.4, 0.5) is 30.4 Å². The molecule has 1 fully saturated rings. The SMILES string of the molecule is CC(COCCC(=O)N1CCN2c3ncc(Cl)cc3N(C)C(=S)C2C1)Nc1cn[nH]c(=O)c1C(F)(F)F. The van der Waals surface area contributed by atoms with Crippen molar-refractivity contribution in [1.29, 1.82) is 0 Å². The van der Waals surface area contributed by atoms with E-state index in [2.05, 4.69) is 20.3 Å². The zero-order valence-corrected chi connectivity index (χ0v) is 21.6. The molecule has 4 heterocycles. The quantitative estimate of drug-likeness (QED) is 0.391. The number of carbonyl (C=O) groups is 1. The summed E-state index contributed by atoms with van der Waals surface area (Å²) in [5.41, 5.74) is -2.30. The van der Waals surface area contributed by atoms with E-state index < -0.39 is 29.0 Å². The number of alkyl halides is 3. The second-order valence-corrected chi connectivity index (χ2v) is 9.65. The lowest BCUT2D eigenvalue weighted by Gasteiger charge is -2.48. The second kappa shape index (κ2) is 10.8. The molecule has 0 saturated carbocycles. The molecule has 2 aromatic rings. The van der Waals surface area contributed by atoms with Crippen LogP contribution < -0.4 is 20.7 Å². The summed E-state index contributed by atoms with van der Waals surface area (Å²) < 4.78 is 45.1. The number of nitrogens with zero attached hydrogens (tertiary/aromatic N) is 5. The van der Waals surface area contributed by atoms with E-state index in [1.165, 1.54) is 0 Å². The number of nitrogens with one attached hydrogen (secondary N) is 2. The van der Waals surface area contributed by atoms with Crippen molar-refractivity contribution in [2.24, 2.45) is 0 Å². The molecule has 2 unspecified atom stereocenters. The lowest BCUT2D eigenvalue weighted by molar-refractivity contribution is -0.138. The molecule has 1 amide bonds. The number of anilines is 3. The number of piperazine rings is 1. The van der Waals surface area contributed by atoms with Crippen molar-refractivity contribution >= 4 is 51.9 Å². The summed E-state index contributed by atoms with van der Waals surface area (Å²) in [6.07, 6.45) is -2.25. The highest BCUT2D eigenvalue weighted by molar-refractivity contribution is 7.80. The molecule has 0 aliphatic carbocycles. The molecule has 2 aromatic heterocycles. The van der Waals surface area contributed by atoms with Gasteiger partial charge in [0.1, 0.15) is 10.6 Å². The molecule has 15 heteroatoms. The number of hydrogen-bond acceptors (Lipinski definition) is 8. The Morgan fingerprint density at radius 2 is 2.14 bits per heavy atom. The minimum Gasteiger partial charge on any atom is -0.379 e. The van der Waals surface area contributed by atoms with E-state index in [4.69, 9.17) is 28.6 Å². The molecule has 2 N–H and O–H groups in total. The number of fused-ring (bicyclic) bond motifs is 3. The van der Waals surface area contributed by atoms with E-state index in [9.17, 15) is 22.8 Å². The number of aromatic amines is 1. The smallest absolute Gasteiger partial charge is 0.379 e. The number of amides is 1. The molecule has 4 rings (SSSR count). The van der Waals surface area contributed by atoms with Crippen molar-refractivity contribution in [3.05, 3.63) is 39.4 Å². The fourth-order valence-corrected chi connectivity index (χ4v) is 4.83. The highest BCUT2D eigenvalue weighted by atomic mass is 35.5. The first-order valence-electron chi connectivity index (χ1n) is 11.4. The predicted molar refractivity (Wildman–Crippen MR) is 136 cm³/mol. The summed E-state index contributed by atoms with van der Waals surface area (Å²) in [7, 11) is 1.85. The van der Waals surface area contributed by atoms with Gasteiger partial charge in [-0.3, -0.25) is 9.59 Å². The van der Waals surface area contributed by atoms with E-state index in [1.807, 2.05) is 18.0 Å². The average Bonchev–Trinajstić information content (AvgIpc) is 2.84. The van der Waals surface area contributed by atoms with Gasteiger partial charge in [-0.25, -0.2) is 10.1 Å². The molecule has 0 spiro atoms. The molecule has 0 bridgehead atoms. The Morgan fingerprint density at radius 3 is 2.86 bits per heavy atom. The maximum atomic E-state index is 13.2. The normalized spacial score (nSPS) is 18.4. The van der Waals surface area contributed by atoms with Crippen molar-refractivity contribution in [3.63, 3.8) is 0 Å². The minimum atomic E-state index is -4.84. The van der Waals surface area contributed by atoms with E-state index >= 15 is 0 Å². The monoisotopic (exact) mass is 559 g/mol. The molecular weight excluding hydrogens is 535 g/mol. The van der Waals surface area contributed by atoms with Gasteiger partial charge in [-0.1, -0.05) is 23.8 Å². The first-order valence-corrected chi connectivity index (χ1v) is 12.2. The molecule has 2 aliphatic heterocycles. The number of ether oxygens (including phenoxy) is 1. The maximum Gasteiger partial charge on any atom is 0.423 e. The summed E-state index contributed by atoms with van der Waals surface area (Å²) in [5, 5.41) is 8.32. The molecule has 2 aliphatic rings. The number of likely N-dealkylation sites (N-methyl/N-ethyl adjacent to an activating group) is 1. The van der Waals surface area contributed by atoms with Gasteiger partial charge in [0.2, 0.25) is 5.91 Å². The van der Waals surface area contributed by atoms with Crippen LogP contribution in [0.3, 0.4) is 0 Å². The third-order valence-corrected chi connectivity index (χ3v) is 6.92. The van der Waals surface area contributed by atoms with Gasteiger partial charge in [0, 0.05) is 38.9 Å². The van der Waals surface area contributed by atoms with E-state index in [0.29, 0.717) is 29.6 Å². The number of hydrogen-bond donors (Lipinski definition) is 2. The first-order chi connectivity index (χ1) is 17.5. The Bertz CT molecular complexity index is 1240. The number of H-pyrrole nitrogens is 1. The van der Waals surface area contributed by atoms with E-state index in [1.54, 1.807) is 23.1 Å². The zero-order valence-electron chi connectivity index (χ0n) is 20.0. The number of thiocarbonyl (C=S) groups is 1. The summed E-state index contributed by atoms with van der Waals surface area (Å²) in [4.78, 5) is 35.2. The number of carbonyl (C=O) groups excluding carboxylic acids is 1. The van der Waals surface area contributed by atoms with Crippen molar-refractivity contribution in [1.82, 2.24) is 20.1 Å². The summed E-state index contributed by atoms with van der Waals surface area (Å²) in [6.45, 7) is 3.15. The molecule has 37 heavy (non-hydrogen) atoms. The fourth-order valence-electron chi connectivity index (χ4n) is 4.38. The third-order valence-electron chi connectivity index (χ3n) is 6.17. The van der Waals surface area contributed by atoms with E-state index in [0.717, 1.165) is 17.7 Å². The van der Waals surface area contributed by atoms with Crippen LogP contribution in [-0.2, 0) is 15.7 Å². The molecule has 200 valence electrons. The van der Waals surface area contributed by atoms with Crippen molar-refractivity contribution < 1.29 is 22.7 Å². The second-order valence-electron chi connectivity index (χ2n) is 8.80. The zero-order chi connectivity index (χ0) is 26.9. The standard InChI is InChI=1S/C22H25ClF3N7O3S/c1-12(29-14-9-28-30-20(35)18(14)22(24,25)26)11-36-6-3-17(34)32-4-5-33-16(10-32)21(37)31(2)15-7-13(23)8-27-19(15)33/h7-9,12,16H,3-6,10-11H2,1-2H3,(H2,29,30,35). The minimum absolute atomic E-state index is 0.0215. The Labute approximate surface area is 220 Å². The van der Waals surface area contributed by atoms with Crippen LogP contribution >= 0.6 is 23.8 Å². The van der Waals surface area contributed by atoms with Crippen LogP contribution in [0, 0.1) is 0 Å². The molecule has 1 saturated heterocycles. The molecular formula is C22H25ClF3N7O3S. The van der Waals surface area contributed by atoms with Crippen molar-refractivity contribution in [3.8, 4) is 0 Å². The fraction of sp³-hybridized carbons (Fsp3) is 0.500. The van der Waals surface area contributed by atoms with Gasteiger partial charge < -0.3 is 24.8 Å². The van der Waals surface area contributed by atoms with Gasteiger partial charge in [-0.15, -0.1) is 0 Å². The van der Waals surface area contributed by atoms with Crippen LogP contribution in [0.2, 0.25) is 5.02 Å². The Morgan fingerprint density at radius 1 is 1.38 bits per heavy atom. The highest BCUT2D eigenvalue weighted by Crippen LogP contribution is 2.37. The molecule has 10 nitrogen and oxygen atoms in total. The van der Waals surface area contributed by atoms with Gasteiger partial charge in [-0.05, 0) is 13.0 Å². The van der Waals surface area contributed by atoms with Crippen molar-refractivity contribution in [2.45, 2.75) is 31.6 Å². The summed E-state index contributed by atoms with van der Waals surface area (Å²) >= 11 is 11.8. The van der Waals surface area contributed by atoms with Crippen LogP contribution in [0.1, 0.15) is 18.9 Å². The largest absolute Gasteiger partial charge is 0.423 e. The summed E-state index contributed by atoms with van der Waals surface area (Å²) in [6, 6.07) is 1.04. The van der Waals surface area contributed by atoms with Gasteiger partial charge in [0.05, 0.1) is 48.3 Å². The van der Waals surface area contributed by atoms with E-state index in [-0.39, 0.29) is 31.6 Å². The first kappa shape index (κ1) is 27.1. The highest BCUT2D eigenvalue weighted by Gasteiger charge is 2.40. The lowest BCUT2D eigenvalue weighted by atomic mass is 10.1. The van der Waals surface area contributed by atoms with Crippen LogP contribution in [0.15, 0.2) is 23.3 Å². The Kier molecular flexibility index (Phi) is 7.90. The number of aromatic nitrogens is 3. The van der Waals surface area contributed by atoms with Gasteiger partial charge in [0.15, 0.2) is 5.82 Å². The van der Waals surface area contributed by atoms with Crippen LogP contribution in [0.5, 0.6) is 0 Å². The lowest BCUT2D eigenvalue weighted by Crippen LogP contribution is -2.62. The Hall–Kier alpha value is -2.97. The third kappa shape index (κ3) is 5.80.